The van der Waals surface area contributed by atoms with Crippen molar-refractivity contribution in [3.05, 3.63) is 23.8 Å². The molecule has 1 aromatic rings. The highest BCUT2D eigenvalue weighted by Gasteiger charge is 2.18. The van der Waals surface area contributed by atoms with E-state index in [4.69, 9.17) is 14.2 Å². The highest BCUT2D eigenvalue weighted by Crippen LogP contribution is 2.35. The van der Waals surface area contributed by atoms with Gasteiger partial charge in [-0.05, 0) is 24.1 Å². The van der Waals surface area contributed by atoms with Crippen LogP contribution in [0.4, 0.5) is 0 Å². The van der Waals surface area contributed by atoms with Gasteiger partial charge in [0, 0.05) is 6.92 Å². The lowest BCUT2D eigenvalue weighted by atomic mass is 10.1. The van der Waals surface area contributed by atoms with Crippen LogP contribution in [0.1, 0.15) is 31.9 Å². The van der Waals surface area contributed by atoms with Gasteiger partial charge in [-0.25, -0.2) is 0 Å². The van der Waals surface area contributed by atoms with E-state index in [0.717, 1.165) is 17.7 Å². The van der Waals surface area contributed by atoms with Crippen LogP contribution in [0.25, 0.3) is 0 Å². The number of benzene rings is 1. The quantitative estimate of drug-likeness (QED) is 0.737. The van der Waals surface area contributed by atoms with Gasteiger partial charge >= 0.3 is 5.97 Å². The van der Waals surface area contributed by atoms with E-state index in [2.05, 4.69) is 0 Å². The van der Waals surface area contributed by atoms with E-state index in [0.29, 0.717) is 5.75 Å². The third kappa shape index (κ3) is 2.10. The average Bonchev–Trinajstić information content (AvgIpc) is 2.72. The maximum Gasteiger partial charge on any atom is 0.303 e. The van der Waals surface area contributed by atoms with Crippen molar-refractivity contribution in [3.63, 3.8) is 0 Å². The first-order valence-corrected chi connectivity index (χ1v) is 5.27. The molecule has 4 nitrogen and oxygen atoms in total. The van der Waals surface area contributed by atoms with Crippen molar-refractivity contribution in [2.75, 3.05) is 6.79 Å². The Balaban J connectivity index is 2.21. The SMILES string of the molecule is CC[C@@H](OC(C)=O)c1ccc2c(c1)OCO2. The Hall–Kier alpha value is -1.71. The van der Waals surface area contributed by atoms with E-state index in [9.17, 15) is 4.79 Å². The molecule has 1 atom stereocenters. The highest BCUT2D eigenvalue weighted by atomic mass is 16.7. The number of hydrogen-bond donors (Lipinski definition) is 0. The number of hydrogen-bond acceptors (Lipinski definition) is 4. The maximum atomic E-state index is 10.9. The van der Waals surface area contributed by atoms with Gasteiger partial charge in [0.1, 0.15) is 6.10 Å². The monoisotopic (exact) mass is 222 g/mol. The molecular weight excluding hydrogens is 208 g/mol. The van der Waals surface area contributed by atoms with Crippen molar-refractivity contribution in [2.24, 2.45) is 0 Å². The summed E-state index contributed by atoms with van der Waals surface area (Å²) in [6.07, 6.45) is 0.520. The molecule has 1 aliphatic rings. The Morgan fingerprint density at radius 3 is 2.88 bits per heavy atom. The second kappa shape index (κ2) is 4.43. The van der Waals surface area contributed by atoms with Gasteiger partial charge in [-0.1, -0.05) is 13.0 Å². The second-order valence-electron chi connectivity index (χ2n) is 3.62. The molecule has 0 saturated heterocycles. The number of fused-ring (bicyclic) bond motifs is 1. The summed E-state index contributed by atoms with van der Waals surface area (Å²) in [5, 5.41) is 0. The molecule has 0 unspecified atom stereocenters. The van der Waals surface area contributed by atoms with Crippen molar-refractivity contribution in [1.29, 1.82) is 0 Å². The molecule has 16 heavy (non-hydrogen) atoms. The fourth-order valence-corrected chi connectivity index (χ4v) is 1.70. The van der Waals surface area contributed by atoms with Gasteiger partial charge in [-0.15, -0.1) is 0 Å². The molecule has 0 amide bonds. The zero-order valence-electron chi connectivity index (χ0n) is 9.36. The van der Waals surface area contributed by atoms with Crippen LogP contribution in [0.5, 0.6) is 11.5 Å². The Morgan fingerprint density at radius 1 is 1.44 bits per heavy atom. The molecule has 0 N–H and O–H groups in total. The Labute approximate surface area is 94.1 Å². The van der Waals surface area contributed by atoms with Crippen molar-refractivity contribution < 1.29 is 19.0 Å². The van der Waals surface area contributed by atoms with Crippen molar-refractivity contribution in [1.82, 2.24) is 0 Å². The van der Waals surface area contributed by atoms with Gasteiger partial charge < -0.3 is 14.2 Å². The lowest BCUT2D eigenvalue weighted by molar-refractivity contribution is -0.146. The number of esters is 1. The summed E-state index contributed by atoms with van der Waals surface area (Å²) in [5.74, 6) is 1.18. The minimum absolute atomic E-state index is 0.216. The predicted molar refractivity (Wildman–Crippen MR) is 57.4 cm³/mol. The van der Waals surface area contributed by atoms with E-state index in [1.807, 2.05) is 25.1 Å². The number of rotatable bonds is 3. The summed E-state index contributed by atoms with van der Waals surface area (Å²) >= 11 is 0. The van der Waals surface area contributed by atoms with Gasteiger partial charge in [0.2, 0.25) is 6.79 Å². The van der Waals surface area contributed by atoms with Crippen molar-refractivity contribution in [2.45, 2.75) is 26.4 Å². The first-order valence-electron chi connectivity index (χ1n) is 5.27. The van der Waals surface area contributed by atoms with Gasteiger partial charge in [0.25, 0.3) is 0 Å². The van der Waals surface area contributed by atoms with E-state index in [1.165, 1.54) is 6.92 Å². The highest BCUT2D eigenvalue weighted by molar-refractivity contribution is 5.66. The van der Waals surface area contributed by atoms with Crippen LogP contribution in [-0.4, -0.2) is 12.8 Å². The molecule has 0 aliphatic carbocycles. The van der Waals surface area contributed by atoms with E-state index >= 15 is 0 Å². The summed E-state index contributed by atoms with van der Waals surface area (Å²) in [5.41, 5.74) is 0.932. The first kappa shape index (κ1) is 10.8. The normalized spacial score (nSPS) is 14.6. The summed E-state index contributed by atoms with van der Waals surface area (Å²) in [6.45, 7) is 3.64. The molecule has 0 radical (unpaired) electrons. The zero-order valence-corrected chi connectivity index (χ0v) is 9.36. The van der Waals surface area contributed by atoms with E-state index < -0.39 is 0 Å². The number of carbonyl (C=O) groups is 1. The summed E-state index contributed by atoms with van der Waals surface area (Å²) in [7, 11) is 0. The maximum absolute atomic E-state index is 10.9. The number of ether oxygens (including phenoxy) is 3. The van der Waals surface area contributed by atoms with Crippen molar-refractivity contribution in [3.8, 4) is 11.5 Å². The average molecular weight is 222 g/mol. The van der Waals surface area contributed by atoms with Gasteiger partial charge in [0.05, 0.1) is 0 Å². The van der Waals surface area contributed by atoms with Crippen LogP contribution in [-0.2, 0) is 9.53 Å². The molecule has 2 rings (SSSR count). The first-order chi connectivity index (χ1) is 7.70. The predicted octanol–water partition coefficient (Wildman–Crippen LogP) is 2.43. The molecule has 0 saturated carbocycles. The summed E-state index contributed by atoms with van der Waals surface area (Å²) < 4.78 is 15.7. The zero-order chi connectivity index (χ0) is 11.5. The van der Waals surface area contributed by atoms with Gasteiger partial charge in [-0.3, -0.25) is 4.79 Å². The molecule has 0 fully saturated rings. The van der Waals surface area contributed by atoms with Crippen LogP contribution in [0.15, 0.2) is 18.2 Å². The van der Waals surface area contributed by atoms with Crippen LogP contribution in [0.2, 0.25) is 0 Å². The molecular formula is C12H14O4. The van der Waals surface area contributed by atoms with Crippen molar-refractivity contribution >= 4 is 5.97 Å². The van der Waals surface area contributed by atoms with Crippen LogP contribution in [0, 0.1) is 0 Å². The molecule has 4 heteroatoms. The van der Waals surface area contributed by atoms with E-state index in [-0.39, 0.29) is 18.9 Å². The Bertz CT molecular complexity index is 400. The van der Waals surface area contributed by atoms with Gasteiger partial charge in [0.15, 0.2) is 11.5 Å². The van der Waals surface area contributed by atoms with Crippen LogP contribution in [0.3, 0.4) is 0 Å². The Kier molecular flexibility index (Phi) is 2.99. The molecule has 0 bridgehead atoms. The molecule has 1 heterocycles. The smallest absolute Gasteiger partial charge is 0.303 e. The second-order valence-corrected chi connectivity index (χ2v) is 3.62. The minimum atomic E-state index is -0.274. The van der Waals surface area contributed by atoms with E-state index in [1.54, 1.807) is 0 Å². The molecule has 0 spiro atoms. The molecule has 1 aromatic carbocycles. The molecule has 86 valence electrons. The standard InChI is InChI=1S/C12H14O4/c1-3-10(16-8(2)13)9-4-5-11-12(6-9)15-7-14-11/h4-6,10H,3,7H2,1-2H3/t10-/m1/s1. The third-order valence-corrected chi connectivity index (χ3v) is 2.45. The Morgan fingerprint density at radius 2 is 2.19 bits per heavy atom. The van der Waals surface area contributed by atoms with Gasteiger partial charge in [-0.2, -0.15) is 0 Å². The minimum Gasteiger partial charge on any atom is -0.458 e. The molecule has 0 aromatic heterocycles. The van der Waals surface area contributed by atoms with Crippen LogP contribution < -0.4 is 9.47 Å². The summed E-state index contributed by atoms with van der Waals surface area (Å²) in [6, 6.07) is 5.59. The largest absolute Gasteiger partial charge is 0.458 e. The fraction of sp³-hybridized carbons (Fsp3) is 0.417. The topological polar surface area (TPSA) is 44.8 Å². The van der Waals surface area contributed by atoms with Crippen LogP contribution >= 0.6 is 0 Å². The number of carbonyl (C=O) groups excluding carboxylic acids is 1. The summed E-state index contributed by atoms with van der Waals surface area (Å²) in [4.78, 5) is 10.9. The third-order valence-electron chi connectivity index (χ3n) is 2.45. The lowest BCUT2D eigenvalue weighted by Crippen LogP contribution is -2.07. The fourth-order valence-electron chi connectivity index (χ4n) is 1.70. The molecule has 1 aliphatic heterocycles. The lowest BCUT2D eigenvalue weighted by Gasteiger charge is -2.15.